The summed E-state index contributed by atoms with van der Waals surface area (Å²) >= 11 is 0. The third kappa shape index (κ3) is 3.95. The Morgan fingerprint density at radius 3 is 2.84 bits per heavy atom. The molecule has 1 aromatic heterocycles. The van der Waals surface area contributed by atoms with E-state index in [-0.39, 0.29) is 5.75 Å². The number of pyridine rings is 1. The number of nitriles is 1. The van der Waals surface area contributed by atoms with Crippen LogP contribution in [0.15, 0.2) is 24.4 Å². The van der Waals surface area contributed by atoms with Crippen molar-refractivity contribution in [1.82, 2.24) is 4.98 Å². The number of rotatable bonds is 6. The molecule has 0 atom stereocenters. The predicted octanol–water partition coefficient (Wildman–Crippen LogP) is 3.27. The molecule has 2 heterocycles. The Hall–Kier alpha value is -2.50. The van der Waals surface area contributed by atoms with E-state index in [0.29, 0.717) is 48.3 Å². The van der Waals surface area contributed by atoms with Crippen molar-refractivity contribution in [1.29, 1.82) is 5.26 Å². The minimum atomic E-state index is -2.92. The molecular weight excluding hydrogens is 332 g/mol. The van der Waals surface area contributed by atoms with Crippen LogP contribution in [-0.2, 0) is 9.47 Å². The second kappa shape index (κ2) is 7.17. The van der Waals surface area contributed by atoms with E-state index in [1.165, 1.54) is 18.3 Å². The maximum Gasteiger partial charge on any atom is 0.387 e. The maximum absolute atomic E-state index is 12.5. The zero-order valence-electron chi connectivity index (χ0n) is 13.6. The number of halogens is 2. The molecule has 1 aromatic carbocycles. The summed E-state index contributed by atoms with van der Waals surface area (Å²) in [6.07, 6.45) is 2.01. The topological polar surface area (TPSA) is 76.4 Å². The molecule has 3 rings (SSSR count). The normalized spacial score (nSPS) is 16.1. The number of benzene rings is 1. The first-order valence-corrected chi connectivity index (χ1v) is 7.80. The average molecular weight is 349 g/mol. The Bertz CT molecular complexity index is 802. The van der Waals surface area contributed by atoms with Gasteiger partial charge in [0.1, 0.15) is 11.8 Å². The third-order valence-corrected chi connectivity index (χ3v) is 3.96. The summed E-state index contributed by atoms with van der Waals surface area (Å²) in [6, 6.07) is 6.49. The highest BCUT2D eigenvalue weighted by molar-refractivity contribution is 5.94. The smallest absolute Gasteiger partial charge is 0.387 e. The van der Waals surface area contributed by atoms with Crippen LogP contribution in [0, 0.1) is 11.3 Å². The van der Waals surface area contributed by atoms with Crippen molar-refractivity contribution < 1.29 is 23.0 Å². The van der Waals surface area contributed by atoms with E-state index in [1.807, 2.05) is 6.92 Å². The zero-order valence-corrected chi connectivity index (χ0v) is 13.6. The molecule has 132 valence electrons. The van der Waals surface area contributed by atoms with Crippen LogP contribution in [0.2, 0.25) is 0 Å². The molecule has 0 spiro atoms. The van der Waals surface area contributed by atoms with Gasteiger partial charge < -0.3 is 19.5 Å². The number of alkyl halides is 2. The largest absolute Gasteiger partial charge is 0.435 e. The lowest BCUT2D eigenvalue weighted by atomic mass is 10.1. The molecule has 0 unspecified atom stereocenters. The van der Waals surface area contributed by atoms with Gasteiger partial charge in [-0.3, -0.25) is 4.98 Å². The molecule has 6 nitrogen and oxygen atoms in total. The fraction of sp³-hybridized carbons (Fsp3) is 0.412. The molecular formula is C17H17F2N3O3. The number of anilines is 1. The van der Waals surface area contributed by atoms with Gasteiger partial charge in [0.25, 0.3) is 0 Å². The lowest BCUT2D eigenvalue weighted by Crippen LogP contribution is -2.28. The van der Waals surface area contributed by atoms with Crippen molar-refractivity contribution in [2.24, 2.45) is 0 Å². The minimum absolute atomic E-state index is 0.0110. The molecule has 1 saturated heterocycles. The van der Waals surface area contributed by atoms with Gasteiger partial charge in [0, 0.05) is 24.5 Å². The Labute approximate surface area is 143 Å². The lowest BCUT2D eigenvalue weighted by molar-refractivity contribution is -0.144. The van der Waals surface area contributed by atoms with Gasteiger partial charge in [-0.05, 0) is 25.1 Å². The highest BCUT2D eigenvalue weighted by atomic mass is 19.3. The monoisotopic (exact) mass is 349 g/mol. The van der Waals surface area contributed by atoms with E-state index in [4.69, 9.17) is 9.47 Å². The molecule has 0 saturated carbocycles. The Kier molecular flexibility index (Phi) is 4.97. The van der Waals surface area contributed by atoms with Crippen LogP contribution in [0.25, 0.3) is 10.9 Å². The summed E-state index contributed by atoms with van der Waals surface area (Å²) in [5, 5.41) is 13.0. The minimum Gasteiger partial charge on any atom is -0.435 e. The van der Waals surface area contributed by atoms with Crippen molar-refractivity contribution in [2.45, 2.75) is 25.7 Å². The molecule has 0 radical (unpaired) electrons. The number of nitrogens with zero attached hydrogens (tertiary/aromatic N) is 2. The predicted molar refractivity (Wildman–Crippen MR) is 86.5 cm³/mol. The van der Waals surface area contributed by atoms with Crippen LogP contribution in [-0.4, -0.2) is 37.1 Å². The summed E-state index contributed by atoms with van der Waals surface area (Å²) in [6.45, 7) is 0.507. The quantitative estimate of drug-likeness (QED) is 0.862. The molecule has 1 fully saturated rings. The fourth-order valence-electron chi connectivity index (χ4n) is 2.74. The first kappa shape index (κ1) is 17.3. The van der Waals surface area contributed by atoms with E-state index >= 15 is 0 Å². The fourth-order valence-corrected chi connectivity index (χ4v) is 2.74. The second-order valence-electron chi connectivity index (χ2n) is 5.72. The molecule has 1 aliphatic heterocycles. The Balaban J connectivity index is 1.86. The van der Waals surface area contributed by atoms with Gasteiger partial charge in [-0.2, -0.15) is 14.0 Å². The van der Waals surface area contributed by atoms with Crippen molar-refractivity contribution >= 4 is 16.6 Å². The van der Waals surface area contributed by atoms with E-state index in [2.05, 4.69) is 21.1 Å². The van der Waals surface area contributed by atoms with Gasteiger partial charge in [-0.15, -0.1) is 0 Å². The van der Waals surface area contributed by atoms with Crippen molar-refractivity contribution in [2.75, 3.05) is 25.1 Å². The highest BCUT2D eigenvalue weighted by Crippen LogP contribution is 2.30. The van der Waals surface area contributed by atoms with Gasteiger partial charge in [0.15, 0.2) is 5.79 Å². The first-order chi connectivity index (χ1) is 12.0. The summed E-state index contributed by atoms with van der Waals surface area (Å²) in [5.41, 5.74) is 1.41. The van der Waals surface area contributed by atoms with Crippen LogP contribution in [0.3, 0.4) is 0 Å². The van der Waals surface area contributed by atoms with E-state index < -0.39 is 12.4 Å². The van der Waals surface area contributed by atoms with Crippen LogP contribution in [0.1, 0.15) is 18.9 Å². The first-order valence-electron chi connectivity index (χ1n) is 7.80. The van der Waals surface area contributed by atoms with E-state index in [1.54, 1.807) is 6.07 Å². The second-order valence-corrected chi connectivity index (χ2v) is 5.72. The van der Waals surface area contributed by atoms with Gasteiger partial charge in [-0.25, -0.2) is 0 Å². The molecule has 25 heavy (non-hydrogen) atoms. The van der Waals surface area contributed by atoms with Crippen molar-refractivity contribution in [3.05, 3.63) is 30.0 Å². The van der Waals surface area contributed by atoms with Gasteiger partial charge in [0.2, 0.25) is 0 Å². The van der Waals surface area contributed by atoms with Gasteiger partial charge >= 0.3 is 6.61 Å². The molecule has 1 aliphatic rings. The van der Waals surface area contributed by atoms with E-state index in [0.717, 1.165) is 0 Å². The molecule has 1 N–H and O–H groups in total. The van der Waals surface area contributed by atoms with Crippen molar-refractivity contribution in [3.63, 3.8) is 0 Å². The number of aromatic nitrogens is 1. The number of ether oxygens (including phenoxy) is 3. The highest BCUT2D eigenvalue weighted by Gasteiger charge is 2.30. The molecule has 0 bridgehead atoms. The molecule has 0 aliphatic carbocycles. The number of hydrogen-bond donors (Lipinski definition) is 1. The van der Waals surface area contributed by atoms with Gasteiger partial charge in [-0.1, -0.05) is 0 Å². The Morgan fingerprint density at radius 1 is 1.40 bits per heavy atom. The van der Waals surface area contributed by atoms with Crippen LogP contribution < -0.4 is 10.1 Å². The summed E-state index contributed by atoms with van der Waals surface area (Å²) in [4.78, 5) is 4.18. The standard InChI is InChI=1S/C17H17F2N3O3/c1-17(23-6-7-24-17)4-5-21-15-11(9-20)10-22-14-3-2-12(8-13(14)15)25-16(18)19/h2-3,8,10,16H,4-7H2,1H3,(H,21,22). The molecule has 2 aromatic rings. The SMILES string of the molecule is CC1(CCNc2c(C#N)cnc3ccc(OC(F)F)cc23)OCCO1. The maximum atomic E-state index is 12.5. The third-order valence-electron chi connectivity index (χ3n) is 3.96. The number of fused-ring (bicyclic) bond motifs is 1. The lowest BCUT2D eigenvalue weighted by Gasteiger charge is -2.23. The average Bonchev–Trinajstić information content (AvgIpc) is 3.01. The van der Waals surface area contributed by atoms with Crippen LogP contribution in [0.5, 0.6) is 5.75 Å². The molecule has 0 amide bonds. The van der Waals surface area contributed by atoms with Crippen molar-refractivity contribution in [3.8, 4) is 11.8 Å². The summed E-state index contributed by atoms with van der Waals surface area (Å²) < 4.78 is 40.4. The van der Waals surface area contributed by atoms with E-state index in [9.17, 15) is 14.0 Å². The van der Waals surface area contributed by atoms with Gasteiger partial charge in [0.05, 0.1) is 30.0 Å². The molecule has 8 heteroatoms. The Morgan fingerprint density at radius 2 is 2.16 bits per heavy atom. The number of nitrogens with one attached hydrogen (secondary N) is 1. The zero-order chi connectivity index (χ0) is 17.9. The van der Waals surface area contributed by atoms with Crippen LogP contribution in [0.4, 0.5) is 14.5 Å². The summed E-state index contributed by atoms with van der Waals surface area (Å²) in [7, 11) is 0. The summed E-state index contributed by atoms with van der Waals surface area (Å²) in [5.74, 6) is -0.649. The number of hydrogen-bond acceptors (Lipinski definition) is 6. The van der Waals surface area contributed by atoms with Crippen LogP contribution >= 0.6 is 0 Å².